The molecule has 1 fully saturated rings. The lowest BCUT2D eigenvalue weighted by molar-refractivity contribution is -0.137. The number of fused-ring (bicyclic) bond motifs is 1. The van der Waals surface area contributed by atoms with E-state index in [1.807, 2.05) is 0 Å². The minimum absolute atomic E-state index is 0. The van der Waals surface area contributed by atoms with Crippen molar-refractivity contribution < 1.29 is 38.8 Å². The van der Waals surface area contributed by atoms with Gasteiger partial charge in [0.25, 0.3) is 0 Å². The molecule has 0 bridgehead atoms. The van der Waals surface area contributed by atoms with Crippen LogP contribution in [0.25, 0.3) is 11.1 Å². The number of carbonyl (C=O) groups is 2. The Bertz CT molecular complexity index is 1320. The van der Waals surface area contributed by atoms with E-state index in [0.29, 0.717) is 24.3 Å². The first kappa shape index (κ1) is 21.8. The van der Waals surface area contributed by atoms with E-state index in [9.17, 15) is 27.9 Å². The third-order valence-electron chi connectivity index (χ3n) is 6.11. The second-order valence-corrected chi connectivity index (χ2v) is 8.25. The maximum atomic E-state index is 13.7. The molecular formula is C25H20F3NO5. The first-order valence-electron chi connectivity index (χ1n) is 10.4. The molecule has 3 aromatic rings. The Kier molecular flexibility index (Phi) is 5.00. The highest BCUT2D eigenvalue weighted by molar-refractivity contribution is 6.02. The van der Waals surface area contributed by atoms with Gasteiger partial charge in [-0.3, -0.25) is 4.79 Å². The molecule has 1 saturated carbocycles. The molecule has 5 rings (SSSR count). The third-order valence-corrected chi connectivity index (χ3v) is 6.11. The second kappa shape index (κ2) is 7.79. The maximum Gasteiger partial charge on any atom is 0.417 e. The molecule has 0 unspecified atom stereocenters. The number of aromatic carboxylic acids is 1. The summed E-state index contributed by atoms with van der Waals surface area (Å²) in [5, 5.41) is 12.0. The van der Waals surface area contributed by atoms with Crippen LogP contribution in [0, 0.1) is 0 Å². The van der Waals surface area contributed by atoms with E-state index in [-0.39, 0.29) is 36.5 Å². The minimum Gasteiger partial charge on any atom is -0.478 e. The van der Waals surface area contributed by atoms with E-state index in [4.69, 9.17) is 9.47 Å². The van der Waals surface area contributed by atoms with Crippen molar-refractivity contribution >= 4 is 17.6 Å². The van der Waals surface area contributed by atoms with Gasteiger partial charge in [-0.1, -0.05) is 18.2 Å². The van der Waals surface area contributed by atoms with Gasteiger partial charge in [-0.05, 0) is 72.0 Å². The first-order chi connectivity index (χ1) is 16.2. The van der Waals surface area contributed by atoms with Crippen molar-refractivity contribution in [1.82, 2.24) is 0 Å². The lowest BCUT2D eigenvalue weighted by Gasteiger charge is -2.19. The largest absolute Gasteiger partial charge is 0.478 e. The lowest BCUT2D eigenvalue weighted by Crippen LogP contribution is -2.27. The number of carboxylic acid groups (broad SMARTS) is 1. The number of hydrogen-bond acceptors (Lipinski definition) is 4. The van der Waals surface area contributed by atoms with Crippen LogP contribution in [0.4, 0.5) is 18.9 Å². The van der Waals surface area contributed by atoms with E-state index in [1.165, 1.54) is 36.4 Å². The number of ether oxygens (including phenoxy) is 2. The highest BCUT2D eigenvalue weighted by Gasteiger charge is 2.51. The summed E-state index contributed by atoms with van der Waals surface area (Å²) < 4.78 is 51.8. The lowest BCUT2D eigenvalue weighted by atomic mass is 9.93. The predicted octanol–water partition coefficient (Wildman–Crippen LogP) is 5.72. The summed E-state index contributed by atoms with van der Waals surface area (Å²) in [5.41, 5.74) is -1.07. The monoisotopic (exact) mass is 471 g/mol. The van der Waals surface area contributed by atoms with Crippen LogP contribution in [-0.4, -0.2) is 23.8 Å². The number of rotatable bonds is 5. The summed E-state index contributed by atoms with van der Waals surface area (Å²) in [7, 11) is 0. The molecule has 0 atom stereocenters. The number of anilines is 1. The van der Waals surface area contributed by atoms with Crippen LogP contribution >= 0.6 is 0 Å². The number of carboxylic acids is 1. The Labute approximate surface area is 193 Å². The fourth-order valence-corrected chi connectivity index (χ4v) is 4.14. The molecule has 2 N–H and O–H groups in total. The molecule has 34 heavy (non-hydrogen) atoms. The normalized spacial score (nSPS) is 15.6. The number of nitrogens with one attached hydrogen (secondary N) is 1. The molecule has 0 radical (unpaired) electrons. The fourth-order valence-electron chi connectivity index (χ4n) is 4.14. The molecule has 1 aliphatic carbocycles. The molecule has 0 aromatic heterocycles. The van der Waals surface area contributed by atoms with Gasteiger partial charge in [0.15, 0.2) is 11.5 Å². The van der Waals surface area contributed by atoms with Gasteiger partial charge in [0.1, 0.15) is 0 Å². The molecule has 1 heterocycles. The minimum atomic E-state index is -4.67. The molecule has 0 saturated heterocycles. The van der Waals surface area contributed by atoms with Gasteiger partial charge < -0.3 is 19.9 Å². The van der Waals surface area contributed by atoms with Gasteiger partial charge in [0, 0.05) is 7.11 Å². The number of alkyl halides is 3. The van der Waals surface area contributed by atoms with Crippen molar-refractivity contribution in [3.05, 3.63) is 77.4 Å². The van der Waals surface area contributed by atoms with Crippen molar-refractivity contribution in [3.63, 3.8) is 0 Å². The molecule has 1 aliphatic heterocycles. The summed E-state index contributed by atoms with van der Waals surface area (Å²) in [6.07, 6.45) is -3.49. The Morgan fingerprint density at radius 2 is 1.74 bits per heavy atom. The standard InChI is InChI=1S/C25H18F3NO5.H2/c26-25(27,28)19-6-5-17(12-18(19)14-2-1-3-15(10-14)22(30)31)29-23(32)24(8-9-24)16-4-7-20-21(11-16)34-13-33-20;/h1-7,10-12H,8-9,13H2,(H,29,32)(H,30,31);1H. The van der Waals surface area contributed by atoms with Gasteiger partial charge in [-0.25, -0.2) is 4.79 Å². The van der Waals surface area contributed by atoms with E-state index in [0.717, 1.165) is 11.6 Å². The second-order valence-electron chi connectivity index (χ2n) is 8.25. The number of halogens is 3. The van der Waals surface area contributed by atoms with Gasteiger partial charge in [0.2, 0.25) is 12.7 Å². The summed E-state index contributed by atoms with van der Waals surface area (Å²) in [5.74, 6) is -0.446. The zero-order valence-electron chi connectivity index (χ0n) is 17.6. The van der Waals surface area contributed by atoms with E-state index in [2.05, 4.69) is 5.32 Å². The summed E-state index contributed by atoms with van der Waals surface area (Å²) in [6, 6.07) is 13.8. The third kappa shape index (κ3) is 3.83. The molecule has 0 spiro atoms. The number of amides is 1. The van der Waals surface area contributed by atoms with Crippen molar-refractivity contribution in [2.45, 2.75) is 24.4 Å². The number of hydrogen-bond donors (Lipinski definition) is 2. The maximum absolute atomic E-state index is 13.7. The van der Waals surface area contributed by atoms with Crippen molar-refractivity contribution in [2.75, 3.05) is 12.1 Å². The Morgan fingerprint density at radius 1 is 0.971 bits per heavy atom. The number of carbonyl (C=O) groups excluding carboxylic acids is 1. The van der Waals surface area contributed by atoms with Crippen LogP contribution in [0.15, 0.2) is 60.7 Å². The van der Waals surface area contributed by atoms with Crippen LogP contribution in [0.2, 0.25) is 0 Å². The fraction of sp³-hybridized carbons (Fsp3) is 0.200. The van der Waals surface area contributed by atoms with Crippen LogP contribution in [0.1, 0.15) is 35.8 Å². The summed E-state index contributed by atoms with van der Waals surface area (Å²) >= 11 is 0. The van der Waals surface area contributed by atoms with E-state index in [1.54, 1.807) is 18.2 Å². The average molecular weight is 471 g/mol. The van der Waals surface area contributed by atoms with Crippen LogP contribution < -0.4 is 14.8 Å². The Hall–Kier alpha value is -4.01. The highest BCUT2D eigenvalue weighted by atomic mass is 19.4. The summed E-state index contributed by atoms with van der Waals surface area (Å²) in [4.78, 5) is 24.5. The molecule has 176 valence electrons. The van der Waals surface area contributed by atoms with Crippen molar-refractivity contribution in [2.24, 2.45) is 0 Å². The number of benzene rings is 3. The van der Waals surface area contributed by atoms with Crippen molar-refractivity contribution in [1.29, 1.82) is 0 Å². The Morgan fingerprint density at radius 3 is 2.44 bits per heavy atom. The van der Waals surface area contributed by atoms with Gasteiger partial charge >= 0.3 is 12.1 Å². The molecule has 9 heteroatoms. The van der Waals surface area contributed by atoms with E-state index >= 15 is 0 Å². The van der Waals surface area contributed by atoms with Gasteiger partial charge in [-0.15, -0.1) is 0 Å². The average Bonchev–Trinajstić information content (AvgIpc) is 3.49. The van der Waals surface area contributed by atoms with Crippen molar-refractivity contribution in [3.8, 4) is 22.6 Å². The van der Waals surface area contributed by atoms with Crippen LogP contribution in [0.3, 0.4) is 0 Å². The smallest absolute Gasteiger partial charge is 0.417 e. The molecule has 1 amide bonds. The summed E-state index contributed by atoms with van der Waals surface area (Å²) in [6.45, 7) is 0.107. The highest BCUT2D eigenvalue weighted by Crippen LogP contribution is 2.51. The SMILES string of the molecule is O=C(O)c1cccc(-c2cc(NC(=O)C3(c4ccc5c(c4)OCO5)CC3)ccc2C(F)(F)F)c1.[HH]. The molecular weight excluding hydrogens is 451 g/mol. The Balaban J connectivity index is 0.00000289. The molecule has 6 nitrogen and oxygen atoms in total. The van der Waals surface area contributed by atoms with Crippen LogP contribution in [-0.2, 0) is 16.4 Å². The van der Waals surface area contributed by atoms with Crippen LogP contribution in [0.5, 0.6) is 11.5 Å². The first-order valence-corrected chi connectivity index (χ1v) is 10.4. The molecule has 2 aliphatic rings. The topological polar surface area (TPSA) is 84.9 Å². The molecule has 3 aromatic carbocycles. The quantitative estimate of drug-likeness (QED) is 0.498. The van der Waals surface area contributed by atoms with Gasteiger partial charge in [-0.2, -0.15) is 13.2 Å². The zero-order chi connectivity index (χ0) is 24.1. The predicted molar refractivity (Wildman–Crippen MR) is 118 cm³/mol. The zero-order valence-corrected chi connectivity index (χ0v) is 17.6. The van der Waals surface area contributed by atoms with E-state index < -0.39 is 23.1 Å². The van der Waals surface area contributed by atoms with Gasteiger partial charge in [0.05, 0.1) is 16.5 Å².